The Balaban J connectivity index is 1.11. The van der Waals surface area contributed by atoms with E-state index >= 15 is 0 Å². The van der Waals surface area contributed by atoms with Gasteiger partial charge < -0.3 is 27.9 Å². The first-order valence-corrected chi connectivity index (χ1v) is 31.5. The second kappa shape index (κ2) is 22.4. The molecule has 424 valence electrons. The summed E-state index contributed by atoms with van der Waals surface area (Å²) in [5.74, 6) is -3.50. The minimum atomic E-state index is -4.80. The summed E-state index contributed by atoms with van der Waals surface area (Å²) in [6.07, 6.45) is 7.88. The SMILES string of the molecule is Cc1cc(OS(=O)(=O)c2cccc3c([O-])c([N+]#N)ccc23)c(C2CCCCC2)cc1C(c1cc(C2CCCCC2)c(OS(=O)(=O)c2cccc3c([O-])c([N+]#N)ccc23)cc1C)c1ccccc1OS(=O)(=O)c1cccc2c([O-])c([N+]#N)ccc12. The third-order valence-corrected chi connectivity index (χ3v) is 20.2. The summed E-state index contributed by atoms with van der Waals surface area (Å²) in [7, 11) is -14.2. The van der Waals surface area contributed by atoms with Crippen LogP contribution in [0.3, 0.4) is 0 Å². The van der Waals surface area contributed by atoms with Crippen molar-refractivity contribution in [3.8, 4) is 34.5 Å². The van der Waals surface area contributed by atoms with Gasteiger partial charge in [0.2, 0.25) is 16.2 Å². The molecule has 0 aromatic heterocycles. The molecule has 84 heavy (non-hydrogen) atoms. The number of fused-ring (bicyclic) bond motifs is 3. The minimum Gasteiger partial charge on any atom is -0.867 e. The first-order valence-electron chi connectivity index (χ1n) is 27.3. The molecule has 0 aliphatic heterocycles. The van der Waals surface area contributed by atoms with Crippen molar-refractivity contribution in [2.24, 2.45) is 0 Å². The van der Waals surface area contributed by atoms with Crippen LogP contribution in [-0.4, -0.2) is 25.3 Å². The summed E-state index contributed by atoms with van der Waals surface area (Å²) in [6, 6.07) is 33.8. The smallest absolute Gasteiger partial charge is 0.378 e. The van der Waals surface area contributed by atoms with Gasteiger partial charge in [0.15, 0.2) is 14.9 Å². The Kier molecular flexibility index (Phi) is 15.1. The second-order valence-corrected chi connectivity index (χ2v) is 25.9. The van der Waals surface area contributed by atoms with Crippen molar-refractivity contribution >= 4 is 79.7 Å². The summed E-state index contributed by atoms with van der Waals surface area (Å²) in [5.41, 5.74) is 2.79. The van der Waals surface area contributed by atoms with Gasteiger partial charge in [-0.2, -0.15) is 25.3 Å². The summed E-state index contributed by atoms with van der Waals surface area (Å²) < 4.78 is 107. The molecule has 0 unspecified atom stereocenters. The lowest BCUT2D eigenvalue weighted by atomic mass is 9.75. The molecule has 0 atom stereocenters. The number of para-hydroxylation sites is 1. The van der Waals surface area contributed by atoms with Crippen LogP contribution < -0.4 is 27.9 Å². The highest BCUT2D eigenvalue weighted by Crippen LogP contribution is 2.50. The molecular weight excluding hydrogens is 1130 g/mol. The van der Waals surface area contributed by atoms with Crippen LogP contribution in [0, 0.1) is 30.0 Å². The van der Waals surface area contributed by atoms with Gasteiger partial charge in [0.05, 0.1) is 0 Å². The van der Waals surface area contributed by atoms with E-state index < -0.39 is 53.5 Å². The van der Waals surface area contributed by atoms with Crippen LogP contribution in [0.25, 0.3) is 47.2 Å². The van der Waals surface area contributed by atoms with Gasteiger partial charge in [-0.25, -0.2) is 0 Å². The minimum absolute atomic E-state index is 0.000448. The van der Waals surface area contributed by atoms with E-state index in [9.17, 15) is 56.8 Å². The van der Waals surface area contributed by atoms with Crippen molar-refractivity contribution in [1.29, 1.82) is 16.2 Å². The van der Waals surface area contributed by atoms with Gasteiger partial charge >= 0.3 is 47.4 Å². The van der Waals surface area contributed by atoms with Crippen LogP contribution in [0.1, 0.15) is 121 Å². The zero-order valence-electron chi connectivity index (χ0n) is 45.4. The first-order chi connectivity index (χ1) is 40.3. The summed E-state index contributed by atoms with van der Waals surface area (Å²) in [5, 5.41) is 68.3. The van der Waals surface area contributed by atoms with Crippen molar-refractivity contribution in [3.63, 3.8) is 0 Å². The Labute approximate surface area is 484 Å². The highest BCUT2D eigenvalue weighted by Gasteiger charge is 2.35. The van der Waals surface area contributed by atoms with E-state index in [-0.39, 0.29) is 93.2 Å². The standard InChI is InChI=1S/C63H52N6O12S3/c1-36-32-55(80-83(75,76)58-24-12-20-44-41(58)27-30-52(68-65)62(44)71)49(38-14-5-3-6-15-38)34-47(36)60(46-18-9-10-22-54(46)79-82(73,74)57-23-11-19-43-40(57)26-29-51(67-64)61(43)70)48-35-50(39-16-7-4-8-17-39)56(33-37(48)2)81-84(77,78)59-25-13-21-45-42(59)28-31-53(69-66)63(45)72/h9-13,18-35,38-39,60H,3-8,14-17H2,1-2H3. The van der Waals surface area contributed by atoms with Crippen molar-refractivity contribution in [3.05, 3.63) is 193 Å². The van der Waals surface area contributed by atoms with Gasteiger partial charge in [-0.3, -0.25) is 0 Å². The lowest BCUT2D eigenvalue weighted by Gasteiger charge is -2.30. The van der Waals surface area contributed by atoms with Crippen LogP contribution in [0.5, 0.6) is 34.5 Å². The van der Waals surface area contributed by atoms with Crippen LogP contribution >= 0.6 is 0 Å². The molecule has 11 rings (SSSR count). The molecule has 0 bridgehead atoms. The molecule has 0 saturated heterocycles. The van der Waals surface area contributed by atoms with Crippen LogP contribution in [0.4, 0.5) is 17.1 Å². The molecule has 0 spiro atoms. The quantitative estimate of drug-likeness (QED) is 0.0555. The fraction of sp³-hybridized carbons (Fsp3) is 0.238. The number of benzene rings is 9. The Morgan fingerprint density at radius 2 is 0.750 bits per heavy atom. The molecule has 9 aromatic carbocycles. The Morgan fingerprint density at radius 1 is 0.405 bits per heavy atom. The number of rotatable bonds is 14. The van der Waals surface area contributed by atoms with Gasteiger partial charge in [-0.1, -0.05) is 105 Å². The number of diazo groups is 3. The zero-order valence-corrected chi connectivity index (χ0v) is 47.8. The summed E-state index contributed by atoms with van der Waals surface area (Å²) >= 11 is 0. The van der Waals surface area contributed by atoms with E-state index in [1.54, 1.807) is 44.2 Å². The van der Waals surface area contributed by atoms with E-state index in [4.69, 9.17) is 12.5 Å². The second-order valence-electron chi connectivity index (χ2n) is 21.3. The molecule has 18 nitrogen and oxygen atoms in total. The predicted molar refractivity (Wildman–Crippen MR) is 309 cm³/mol. The van der Waals surface area contributed by atoms with Crippen LogP contribution in [-0.2, 0) is 30.4 Å². The molecule has 0 heterocycles. The molecule has 0 radical (unpaired) electrons. The lowest BCUT2D eigenvalue weighted by Crippen LogP contribution is -2.18. The number of hydrogen-bond acceptors (Lipinski definition) is 15. The number of hydrogen-bond donors (Lipinski definition) is 0. The lowest BCUT2D eigenvalue weighted by molar-refractivity contribution is -0.265. The monoisotopic (exact) mass is 1180 g/mol. The first kappa shape index (κ1) is 56.5. The highest BCUT2D eigenvalue weighted by atomic mass is 32.2. The molecule has 2 saturated carbocycles. The molecule has 2 fully saturated rings. The van der Waals surface area contributed by atoms with Crippen LogP contribution in [0.15, 0.2) is 154 Å². The van der Waals surface area contributed by atoms with Crippen molar-refractivity contribution < 1.29 is 53.1 Å². The summed E-state index contributed by atoms with van der Waals surface area (Å²) in [6.45, 7) is 3.54. The van der Waals surface area contributed by atoms with Crippen LogP contribution in [0.2, 0.25) is 0 Å². The fourth-order valence-corrected chi connectivity index (χ4v) is 15.7. The highest BCUT2D eigenvalue weighted by molar-refractivity contribution is 7.88. The third kappa shape index (κ3) is 10.4. The van der Waals surface area contributed by atoms with E-state index in [1.807, 2.05) is 12.1 Å². The molecule has 2 aliphatic carbocycles. The van der Waals surface area contributed by atoms with Gasteiger partial charge in [-0.05, 0) is 173 Å². The summed E-state index contributed by atoms with van der Waals surface area (Å²) in [4.78, 5) is 8.25. The topological polar surface area (TPSA) is 284 Å². The van der Waals surface area contributed by atoms with Crippen molar-refractivity contribution in [2.45, 2.75) is 110 Å². The average molecular weight is 1180 g/mol. The van der Waals surface area contributed by atoms with E-state index in [0.717, 1.165) is 38.5 Å². The molecule has 21 heteroatoms. The van der Waals surface area contributed by atoms with Gasteiger partial charge in [0, 0.05) is 45.8 Å². The van der Waals surface area contributed by atoms with Gasteiger partial charge in [-0.15, -0.1) is 0 Å². The molecule has 0 amide bonds. The predicted octanol–water partition coefficient (Wildman–Crippen LogP) is 14.0. The maximum Gasteiger partial charge on any atom is 0.378 e. The zero-order chi connectivity index (χ0) is 59.2. The average Bonchev–Trinajstić information content (AvgIpc) is 2.63. The maximum atomic E-state index is 14.8. The Hall–Kier alpha value is -9.33. The molecule has 2 aliphatic rings. The van der Waals surface area contributed by atoms with E-state index in [2.05, 4.69) is 14.9 Å². The van der Waals surface area contributed by atoms with Crippen molar-refractivity contribution in [2.75, 3.05) is 0 Å². The molecule has 0 N–H and O–H groups in total. The third-order valence-electron chi connectivity index (χ3n) is 16.3. The van der Waals surface area contributed by atoms with Gasteiger partial charge in [0.1, 0.15) is 31.9 Å². The van der Waals surface area contributed by atoms with E-state index in [1.165, 1.54) is 97.1 Å². The normalized spacial score (nSPS) is 14.5. The largest absolute Gasteiger partial charge is 0.867 e. The fourth-order valence-electron chi connectivity index (χ4n) is 12.2. The molecular formula is C63H52N6O12S3. The molecule has 9 aromatic rings. The van der Waals surface area contributed by atoms with E-state index in [0.29, 0.717) is 64.6 Å². The Bertz CT molecular complexity index is 4470. The number of nitrogens with zero attached hydrogens (tertiary/aromatic N) is 6. The van der Waals surface area contributed by atoms with Gasteiger partial charge in [0.25, 0.3) is 0 Å². The number of aryl methyl sites for hydroxylation is 2. The maximum absolute atomic E-state index is 14.8. The van der Waals surface area contributed by atoms with Crippen molar-refractivity contribution in [1.82, 2.24) is 0 Å². The Morgan fingerprint density at radius 3 is 1.11 bits per heavy atom.